The van der Waals surface area contributed by atoms with Crippen molar-refractivity contribution in [2.24, 2.45) is 0 Å². The quantitative estimate of drug-likeness (QED) is 0.0472. The van der Waals surface area contributed by atoms with Gasteiger partial charge in [-0.3, -0.25) is 9.36 Å². The van der Waals surface area contributed by atoms with E-state index in [0.29, 0.717) is 18.7 Å². The maximum absolute atomic E-state index is 14.8. The molecule has 1 saturated heterocycles. The Labute approximate surface area is 397 Å². The van der Waals surface area contributed by atoms with Gasteiger partial charge in [0.1, 0.15) is 24.7 Å². The number of hydrogen-bond acceptors (Lipinski definition) is 10. The number of nitrogens with two attached hydrogens (primary N) is 2. The molecule has 28 heteroatoms. The predicted molar refractivity (Wildman–Crippen MR) is 232 cm³/mol. The molecule has 3 aromatic heterocycles. The highest BCUT2D eigenvalue weighted by atomic mass is 19.4. The maximum Gasteiger partial charge on any atom is 0.416 e. The van der Waals surface area contributed by atoms with Crippen molar-refractivity contribution in [3.05, 3.63) is 167 Å². The van der Waals surface area contributed by atoms with Crippen molar-refractivity contribution < 1.29 is 66.8 Å². The lowest BCUT2D eigenvalue weighted by molar-refractivity contribution is -0.389. The van der Waals surface area contributed by atoms with Gasteiger partial charge in [0.2, 0.25) is 12.0 Å². The Kier molecular flexibility index (Phi) is 16.6. The molecule has 72 heavy (non-hydrogen) atoms. The predicted octanol–water partition coefficient (Wildman–Crippen LogP) is 10.7. The summed E-state index contributed by atoms with van der Waals surface area (Å²) in [7, 11) is 0. The number of carbonyl (C=O) groups is 1. The monoisotopic (exact) mass is 1030 g/mol. The third-order valence-electron chi connectivity index (χ3n) is 9.80. The Morgan fingerprint density at radius 1 is 0.653 bits per heavy atom. The standard InChI is InChI=1S/C17H15F4N5O.C10H6F3N3O2.C10H8F3N3.C7H6F3N/c18-16(5-2-6-25(9-16)10-22)15(27)24-14-8-26(11-23-14)13-4-1-3-12(7-13)17(19,20)21;11-10(12,13)7-2-1-3-8(4-7)15-5-9(14-6-15)16(17)18;11-10(12,13)7-2-1-3-8(4-7)16-5-9(14)15-6-16;8-7(9,10)5-2-1-3-6(11)4-5/h1,3-4,7-8,11H,2,5-6,9H2,(H,24,27);1-6H;1-6H,14H2;1-4H,11H2/t16-;;;/m1.../s1. The molecule has 0 saturated carbocycles. The lowest BCUT2D eigenvalue weighted by atomic mass is 9.94. The first kappa shape index (κ1) is 54.3. The number of rotatable bonds is 6. The molecular weight excluding hydrogens is 992 g/mol. The minimum Gasteiger partial charge on any atom is -0.399 e. The number of amides is 1. The van der Waals surface area contributed by atoms with Crippen molar-refractivity contribution in [1.82, 2.24) is 33.6 Å². The van der Waals surface area contributed by atoms with E-state index in [2.05, 4.69) is 20.3 Å². The van der Waals surface area contributed by atoms with E-state index in [1.165, 1.54) is 81.5 Å². The van der Waals surface area contributed by atoms with Crippen molar-refractivity contribution in [2.45, 2.75) is 43.2 Å². The molecule has 0 unspecified atom stereocenters. The fourth-order valence-electron chi connectivity index (χ4n) is 6.31. The number of nitriles is 1. The minimum absolute atomic E-state index is 0.00326. The molecular formula is C44H35F13N12O3. The van der Waals surface area contributed by atoms with Gasteiger partial charge in [-0.1, -0.05) is 24.3 Å². The average molecular weight is 1030 g/mol. The Morgan fingerprint density at radius 2 is 1.08 bits per heavy atom. The molecule has 380 valence electrons. The van der Waals surface area contributed by atoms with E-state index in [9.17, 15) is 72.0 Å². The summed E-state index contributed by atoms with van der Waals surface area (Å²) in [6.45, 7) is 0.0449. The number of likely N-dealkylation sites (tertiary alicyclic amines) is 1. The fraction of sp³-hybridized carbons (Fsp3) is 0.205. The van der Waals surface area contributed by atoms with Gasteiger partial charge >= 0.3 is 30.5 Å². The number of imidazole rings is 3. The zero-order chi connectivity index (χ0) is 53.2. The number of alkyl halides is 13. The van der Waals surface area contributed by atoms with Crippen LogP contribution in [0.1, 0.15) is 35.1 Å². The number of hydrogen-bond donors (Lipinski definition) is 3. The first-order valence-electron chi connectivity index (χ1n) is 20.2. The van der Waals surface area contributed by atoms with Crippen molar-refractivity contribution in [3.63, 3.8) is 0 Å². The van der Waals surface area contributed by atoms with Crippen LogP contribution in [0.15, 0.2) is 135 Å². The largest absolute Gasteiger partial charge is 0.416 e. The van der Waals surface area contributed by atoms with Gasteiger partial charge < -0.3 is 40.9 Å². The summed E-state index contributed by atoms with van der Waals surface area (Å²) in [4.78, 5) is 34.2. The van der Waals surface area contributed by atoms with Gasteiger partial charge in [-0.15, -0.1) is 0 Å². The van der Waals surface area contributed by atoms with Gasteiger partial charge in [-0.2, -0.15) is 57.9 Å². The highest BCUT2D eigenvalue weighted by Gasteiger charge is 2.43. The SMILES string of the molecule is N#CN1CCC[C@](F)(C(=O)Nc2cn(-c3cccc(C(F)(F)F)c3)cn2)C1.Nc1cccc(C(F)(F)F)c1.Nc1cn(-c2cccc(C(F)(F)F)c2)cn1.O=[N+]([O-])c1cn(-c2cccc(C(F)(F)F)c2)cn1. The van der Waals surface area contributed by atoms with Crippen molar-refractivity contribution in [2.75, 3.05) is 29.9 Å². The summed E-state index contributed by atoms with van der Waals surface area (Å²) >= 11 is 0. The Bertz CT molecular complexity index is 3010. The number of aromatic nitrogens is 6. The Balaban J connectivity index is 0.000000187. The zero-order valence-electron chi connectivity index (χ0n) is 36.3. The van der Waals surface area contributed by atoms with Gasteiger partial charge in [0, 0.05) is 29.3 Å². The molecule has 1 amide bonds. The average Bonchev–Trinajstić information content (AvgIpc) is 4.11. The van der Waals surface area contributed by atoms with E-state index in [0.717, 1.165) is 65.6 Å². The number of piperidine rings is 1. The first-order chi connectivity index (χ1) is 33.5. The summed E-state index contributed by atoms with van der Waals surface area (Å²) in [5.74, 6) is -1.09. The molecule has 8 rings (SSSR count). The second-order valence-electron chi connectivity index (χ2n) is 15.1. The van der Waals surface area contributed by atoms with E-state index in [1.807, 2.05) is 6.19 Å². The van der Waals surface area contributed by atoms with Gasteiger partial charge in [0.05, 0.1) is 41.2 Å². The van der Waals surface area contributed by atoms with Crippen LogP contribution in [0.25, 0.3) is 17.1 Å². The summed E-state index contributed by atoms with van der Waals surface area (Å²) < 4.78 is 168. The highest BCUT2D eigenvalue weighted by molar-refractivity contribution is 5.96. The maximum atomic E-state index is 14.8. The molecule has 7 aromatic rings. The van der Waals surface area contributed by atoms with E-state index in [-0.39, 0.29) is 41.7 Å². The molecule has 0 spiro atoms. The minimum atomic E-state index is -4.48. The lowest BCUT2D eigenvalue weighted by Crippen LogP contribution is -2.51. The number of carbonyl (C=O) groups excluding carboxylic acids is 1. The van der Waals surface area contributed by atoms with Gasteiger partial charge in [-0.05, 0) is 95.5 Å². The van der Waals surface area contributed by atoms with Crippen LogP contribution < -0.4 is 16.8 Å². The van der Waals surface area contributed by atoms with Crippen LogP contribution in [0.4, 0.5) is 80.2 Å². The molecule has 5 N–H and O–H groups in total. The molecule has 1 aliphatic heterocycles. The molecule has 1 aliphatic rings. The summed E-state index contributed by atoms with van der Waals surface area (Å²) in [5, 5.41) is 21.6. The van der Waals surface area contributed by atoms with Gasteiger partial charge in [-0.25, -0.2) is 14.4 Å². The van der Waals surface area contributed by atoms with Crippen LogP contribution in [0, 0.1) is 21.6 Å². The molecule has 0 radical (unpaired) electrons. The number of nitrogen functional groups attached to an aromatic ring is 2. The van der Waals surface area contributed by atoms with Crippen LogP contribution in [-0.4, -0.2) is 63.1 Å². The molecule has 4 aromatic carbocycles. The number of nitrogens with zero attached hydrogens (tertiary/aromatic N) is 9. The zero-order valence-corrected chi connectivity index (χ0v) is 36.3. The summed E-state index contributed by atoms with van der Waals surface area (Å²) in [6, 6.07) is 18.6. The van der Waals surface area contributed by atoms with E-state index >= 15 is 0 Å². The number of benzene rings is 4. The van der Waals surface area contributed by atoms with E-state index < -0.39 is 69.3 Å². The number of nitrogens with one attached hydrogen (secondary N) is 1. The molecule has 0 aliphatic carbocycles. The van der Waals surface area contributed by atoms with Crippen LogP contribution in [-0.2, 0) is 29.5 Å². The van der Waals surface area contributed by atoms with Crippen LogP contribution in [0.5, 0.6) is 0 Å². The summed E-state index contributed by atoms with van der Waals surface area (Å²) in [6.07, 6.45) is -7.95. The van der Waals surface area contributed by atoms with Crippen LogP contribution in [0.2, 0.25) is 0 Å². The third kappa shape index (κ3) is 14.9. The topological polar surface area (TPSA) is 205 Å². The third-order valence-corrected chi connectivity index (χ3v) is 9.80. The van der Waals surface area contributed by atoms with Crippen molar-refractivity contribution in [1.29, 1.82) is 5.26 Å². The molecule has 0 bridgehead atoms. The van der Waals surface area contributed by atoms with Crippen molar-refractivity contribution in [3.8, 4) is 23.3 Å². The second-order valence-corrected chi connectivity index (χ2v) is 15.1. The number of halogens is 13. The second kappa shape index (κ2) is 22.0. The first-order valence-corrected chi connectivity index (χ1v) is 20.2. The van der Waals surface area contributed by atoms with Crippen LogP contribution in [0.3, 0.4) is 0 Å². The van der Waals surface area contributed by atoms with Crippen LogP contribution >= 0.6 is 0 Å². The van der Waals surface area contributed by atoms with Crippen molar-refractivity contribution >= 4 is 29.0 Å². The van der Waals surface area contributed by atoms with E-state index in [1.54, 1.807) is 6.07 Å². The highest BCUT2D eigenvalue weighted by Crippen LogP contribution is 2.34. The molecule has 1 fully saturated rings. The number of nitro groups is 1. The Morgan fingerprint density at radius 3 is 1.49 bits per heavy atom. The summed E-state index contributed by atoms with van der Waals surface area (Å²) in [5.41, 5.74) is 6.12. The lowest BCUT2D eigenvalue weighted by Gasteiger charge is -2.32. The normalized spacial score (nSPS) is 14.8. The fourth-order valence-corrected chi connectivity index (χ4v) is 6.31. The molecule has 15 nitrogen and oxygen atoms in total. The molecule has 4 heterocycles. The molecule has 1 atom stereocenters. The smallest absolute Gasteiger partial charge is 0.399 e. The van der Waals surface area contributed by atoms with Gasteiger partial charge in [0.25, 0.3) is 5.91 Å². The van der Waals surface area contributed by atoms with Gasteiger partial charge in [0.15, 0.2) is 12.0 Å². The van der Waals surface area contributed by atoms with E-state index in [4.69, 9.17) is 16.7 Å². The number of anilines is 3. The Hall–Kier alpha value is -8.64.